The Morgan fingerprint density at radius 2 is 2.26 bits per heavy atom. The summed E-state index contributed by atoms with van der Waals surface area (Å²) >= 11 is 0. The van der Waals surface area contributed by atoms with Gasteiger partial charge in [0.1, 0.15) is 0 Å². The molecule has 5 heteroatoms. The number of anilines is 1. The van der Waals surface area contributed by atoms with Crippen LogP contribution in [-0.4, -0.2) is 24.2 Å². The van der Waals surface area contributed by atoms with Crippen LogP contribution < -0.4 is 10.1 Å². The van der Waals surface area contributed by atoms with Crippen molar-refractivity contribution in [3.63, 3.8) is 0 Å². The van der Waals surface area contributed by atoms with Gasteiger partial charge in [-0.3, -0.25) is 4.79 Å². The second-order valence-corrected chi connectivity index (χ2v) is 4.87. The van der Waals surface area contributed by atoms with Gasteiger partial charge < -0.3 is 15.2 Å². The number of nitrogens with one attached hydrogen (secondary N) is 1. The van der Waals surface area contributed by atoms with E-state index in [9.17, 15) is 14.3 Å². The van der Waals surface area contributed by atoms with Crippen LogP contribution >= 0.6 is 0 Å². The van der Waals surface area contributed by atoms with E-state index in [1.807, 2.05) is 0 Å². The fourth-order valence-electron chi connectivity index (χ4n) is 2.22. The van der Waals surface area contributed by atoms with Crippen LogP contribution in [0.25, 0.3) is 0 Å². The maximum Gasteiger partial charge on any atom is 0.311 e. The number of hydrogen-bond donors (Lipinski definition) is 2. The number of ether oxygens (including phenoxy) is 1. The molecule has 1 aliphatic carbocycles. The zero-order valence-corrected chi connectivity index (χ0v) is 10.9. The van der Waals surface area contributed by atoms with E-state index in [0.29, 0.717) is 31.7 Å². The van der Waals surface area contributed by atoms with Gasteiger partial charge in [-0.15, -0.1) is 0 Å². The van der Waals surface area contributed by atoms with Crippen molar-refractivity contribution in [1.82, 2.24) is 0 Å². The van der Waals surface area contributed by atoms with Gasteiger partial charge in [-0.1, -0.05) is 6.42 Å². The lowest BCUT2D eigenvalue weighted by molar-refractivity contribution is -0.153. The maximum absolute atomic E-state index is 13.6. The molecular formula is C14H18FNO3. The number of carboxylic acid groups (broad SMARTS) is 1. The zero-order chi connectivity index (χ0) is 13.9. The average Bonchev–Trinajstić information content (AvgIpc) is 2.31. The van der Waals surface area contributed by atoms with Gasteiger partial charge in [-0.25, -0.2) is 4.39 Å². The first-order valence-electron chi connectivity index (χ1n) is 6.47. The molecule has 0 unspecified atom stereocenters. The van der Waals surface area contributed by atoms with Gasteiger partial charge in [-0.05, 0) is 31.9 Å². The van der Waals surface area contributed by atoms with Gasteiger partial charge in [0.25, 0.3) is 0 Å². The Hall–Kier alpha value is -1.78. The Kier molecular flexibility index (Phi) is 3.93. The molecule has 0 amide bonds. The SMILES string of the molecule is CCOc1ccc(NCC2(C(=O)O)CCC2)cc1F. The highest BCUT2D eigenvalue weighted by Gasteiger charge is 2.44. The molecule has 1 aromatic carbocycles. The Bertz CT molecular complexity index is 472. The Balaban J connectivity index is 2.00. The standard InChI is InChI=1S/C14H18FNO3/c1-2-19-12-5-4-10(8-11(12)15)16-9-14(13(17)18)6-3-7-14/h4-5,8,16H,2-3,6-7,9H2,1H3,(H,17,18). The lowest BCUT2D eigenvalue weighted by atomic mass is 9.69. The van der Waals surface area contributed by atoms with Crippen molar-refractivity contribution in [1.29, 1.82) is 0 Å². The van der Waals surface area contributed by atoms with Crippen molar-refractivity contribution in [3.8, 4) is 5.75 Å². The van der Waals surface area contributed by atoms with Crippen LogP contribution in [0.3, 0.4) is 0 Å². The average molecular weight is 267 g/mol. The molecule has 0 aliphatic heterocycles. The first kappa shape index (κ1) is 13.6. The van der Waals surface area contributed by atoms with E-state index in [0.717, 1.165) is 6.42 Å². The van der Waals surface area contributed by atoms with E-state index in [4.69, 9.17) is 4.74 Å². The van der Waals surface area contributed by atoms with Crippen LogP contribution in [0, 0.1) is 11.2 Å². The molecule has 1 fully saturated rings. The summed E-state index contributed by atoms with van der Waals surface area (Å²) in [5, 5.41) is 12.2. The van der Waals surface area contributed by atoms with E-state index in [-0.39, 0.29) is 5.75 Å². The lowest BCUT2D eigenvalue weighted by Crippen LogP contribution is -2.43. The molecule has 0 atom stereocenters. The molecule has 0 heterocycles. The normalized spacial score (nSPS) is 16.5. The summed E-state index contributed by atoms with van der Waals surface area (Å²) < 4.78 is 18.7. The van der Waals surface area contributed by atoms with E-state index in [2.05, 4.69) is 5.32 Å². The molecule has 1 aromatic rings. The molecule has 2 N–H and O–H groups in total. The van der Waals surface area contributed by atoms with Crippen molar-refractivity contribution in [2.45, 2.75) is 26.2 Å². The number of carboxylic acids is 1. The summed E-state index contributed by atoms with van der Waals surface area (Å²) in [7, 11) is 0. The number of carbonyl (C=O) groups is 1. The lowest BCUT2D eigenvalue weighted by Gasteiger charge is -2.37. The van der Waals surface area contributed by atoms with Crippen molar-refractivity contribution >= 4 is 11.7 Å². The van der Waals surface area contributed by atoms with Crippen molar-refractivity contribution in [2.75, 3.05) is 18.5 Å². The van der Waals surface area contributed by atoms with Gasteiger partial charge in [0.15, 0.2) is 11.6 Å². The minimum absolute atomic E-state index is 0.213. The predicted molar refractivity (Wildman–Crippen MR) is 70.0 cm³/mol. The minimum atomic E-state index is -0.780. The maximum atomic E-state index is 13.6. The molecule has 104 valence electrons. The highest BCUT2D eigenvalue weighted by atomic mass is 19.1. The molecule has 1 saturated carbocycles. The predicted octanol–water partition coefficient (Wildman–Crippen LogP) is 2.89. The molecule has 0 radical (unpaired) electrons. The first-order chi connectivity index (χ1) is 9.07. The summed E-state index contributed by atoms with van der Waals surface area (Å²) in [6, 6.07) is 4.58. The van der Waals surface area contributed by atoms with E-state index in [1.165, 1.54) is 6.07 Å². The quantitative estimate of drug-likeness (QED) is 0.832. The summed E-state index contributed by atoms with van der Waals surface area (Å²) in [6.45, 7) is 2.53. The molecule has 0 saturated heterocycles. The molecule has 0 spiro atoms. The van der Waals surface area contributed by atoms with Crippen molar-refractivity contribution < 1.29 is 19.0 Å². The third kappa shape index (κ3) is 2.80. The van der Waals surface area contributed by atoms with Crippen LogP contribution in [0.1, 0.15) is 26.2 Å². The van der Waals surface area contributed by atoms with Crippen LogP contribution in [0.2, 0.25) is 0 Å². The van der Waals surface area contributed by atoms with E-state index < -0.39 is 17.2 Å². The molecule has 4 nitrogen and oxygen atoms in total. The van der Waals surface area contributed by atoms with Gasteiger partial charge in [0.05, 0.1) is 12.0 Å². The topological polar surface area (TPSA) is 58.6 Å². The number of benzene rings is 1. The summed E-state index contributed by atoms with van der Waals surface area (Å²) in [6.07, 6.45) is 2.29. The Labute approximate surface area is 111 Å². The Morgan fingerprint density at radius 3 is 2.74 bits per heavy atom. The van der Waals surface area contributed by atoms with Crippen molar-refractivity contribution in [3.05, 3.63) is 24.0 Å². The second-order valence-electron chi connectivity index (χ2n) is 4.87. The van der Waals surface area contributed by atoms with Crippen molar-refractivity contribution in [2.24, 2.45) is 5.41 Å². The monoisotopic (exact) mass is 267 g/mol. The number of halogens is 1. The summed E-state index contributed by atoms with van der Waals surface area (Å²) in [5.74, 6) is -1.01. The van der Waals surface area contributed by atoms with Crippen LogP contribution in [0.5, 0.6) is 5.75 Å². The fraction of sp³-hybridized carbons (Fsp3) is 0.500. The van der Waals surface area contributed by atoms with Gasteiger partial charge in [0, 0.05) is 18.3 Å². The fourth-order valence-corrected chi connectivity index (χ4v) is 2.22. The molecule has 19 heavy (non-hydrogen) atoms. The Morgan fingerprint density at radius 1 is 1.53 bits per heavy atom. The highest BCUT2D eigenvalue weighted by molar-refractivity contribution is 5.76. The van der Waals surface area contributed by atoms with E-state index in [1.54, 1.807) is 19.1 Å². The smallest absolute Gasteiger partial charge is 0.311 e. The van der Waals surface area contributed by atoms with Crippen LogP contribution in [0.4, 0.5) is 10.1 Å². The number of rotatable bonds is 6. The molecule has 2 rings (SSSR count). The van der Waals surface area contributed by atoms with E-state index >= 15 is 0 Å². The van der Waals surface area contributed by atoms with Gasteiger partial charge in [0.2, 0.25) is 0 Å². The highest BCUT2D eigenvalue weighted by Crippen LogP contribution is 2.41. The number of hydrogen-bond acceptors (Lipinski definition) is 3. The molecular weight excluding hydrogens is 249 g/mol. The molecule has 0 aromatic heterocycles. The third-order valence-electron chi connectivity index (χ3n) is 3.63. The molecule has 0 bridgehead atoms. The van der Waals surface area contributed by atoms with Gasteiger partial charge in [-0.2, -0.15) is 0 Å². The minimum Gasteiger partial charge on any atom is -0.491 e. The van der Waals surface area contributed by atoms with Crippen LogP contribution in [-0.2, 0) is 4.79 Å². The summed E-state index contributed by atoms with van der Waals surface area (Å²) in [5.41, 5.74) is -0.108. The largest absolute Gasteiger partial charge is 0.491 e. The van der Waals surface area contributed by atoms with Gasteiger partial charge >= 0.3 is 5.97 Å². The summed E-state index contributed by atoms with van der Waals surface area (Å²) in [4.78, 5) is 11.2. The zero-order valence-electron chi connectivity index (χ0n) is 10.9. The third-order valence-corrected chi connectivity index (χ3v) is 3.63. The van der Waals surface area contributed by atoms with Crippen LogP contribution in [0.15, 0.2) is 18.2 Å². The second kappa shape index (κ2) is 5.47. The number of aliphatic carboxylic acids is 1. The first-order valence-corrected chi connectivity index (χ1v) is 6.47. The molecule has 1 aliphatic rings.